The maximum atomic E-state index is 11.8. The fraction of sp³-hybridized carbons (Fsp3) is 0.280. The lowest BCUT2D eigenvalue weighted by atomic mass is 9.69. The Balaban J connectivity index is 1.70. The molecular weight excluding hydrogens is 330 g/mol. The second-order valence-corrected chi connectivity index (χ2v) is 7.78. The molecular formula is C25H27NO. The molecule has 0 amide bonds. The zero-order chi connectivity index (χ0) is 18.7. The molecule has 0 bridgehead atoms. The summed E-state index contributed by atoms with van der Waals surface area (Å²) in [4.78, 5) is 0. The van der Waals surface area contributed by atoms with Gasteiger partial charge in [0, 0.05) is 24.4 Å². The van der Waals surface area contributed by atoms with Crippen LogP contribution in [0.3, 0.4) is 0 Å². The van der Waals surface area contributed by atoms with Crippen molar-refractivity contribution < 1.29 is 5.11 Å². The van der Waals surface area contributed by atoms with E-state index in [9.17, 15) is 5.11 Å². The van der Waals surface area contributed by atoms with E-state index in [1.54, 1.807) is 0 Å². The highest BCUT2D eigenvalue weighted by molar-refractivity contribution is 5.28. The highest BCUT2D eigenvalue weighted by atomic mass is 16.3. The van der Waals surface area contributed by atoms with Crippen LogP contribution >= 0.6 is 0 Å². The number of nitrogens with one attached hydrogen (secondary N) is 1. The van der Waals surface area contributed by atoms with Crippen LogP contribution < -0.4 is 5.32 Å². The molecule has 2 heteroatoms. The zero-order valence-corrected chi connectivity index (χ0v) is 15.8. The maximum absolute atomic E-state index is 11.8. The van der Waals surface area contributed by atoms with Gasteiger partial charge >= 0.3 is 0 Å². The fourth-order valence-electron chi connectivity index (χ4n) is 4.40. The van der Waals surface area contributed by atoms with Crippen LogP contribution in [0.2, 0.25) is 0 Å². The van der Waals surface area contributed by atoms with Gasteiger partial charge < -0.3 is 10.4 Å². The summed E-state index contributed by atoms with van der Waals surface area (Å²) >= 11 is 0. The van der Waals surface area contributed by atoms with Gasteiger partial charge in [-0.1, -0.05) is 97.9 Å². The van der Waals surface area contributed by atoms with Gasteiger partial charge in [-0.15, -0.1) is 0 Å². The van der Waals surface area contributed by atoms with Crippen molar-refractivity contribution in [2.75, 3.05) is 0 Å². The first kappa shape index (κ1) is 18.0. The van der Waals surface area contributed by atoms with Gasteiger partial charge in [0.25, 0.3) is 0 Å². The molecule has 1 heterocycles. The first-order chi connectivity index (χ1) is 13.2. The van der Waals surface area contributed by atoms with Crippen molar-refractivity contribution in [2.24, 2.45) is 5.92 Å². The molecule has 1 saturated heterocycles. The highest BCUT2D eigenvalue weighted by Gasteiger charge is 2.45. The predicted molar refractivity (Wildman–Crippen MR) is 110 cm³/mol. The van der Waals surface area contributed by atoms with Crippen LogP contribution in [0.4, 0.5) is 0 Å². The maximum Gasteiger partial charge on any atom is 0.0749 e. The summed E-state index contributed by atoms with van der Waals surface area (Å²) in [7, 11) is 0. The van der Waals surface area contributed by atoms with Gasteiger partial charge in [-0.05, 0) is 23.1 Å². The molecule has 0 radical (unpaired) electrons. The van der Waals surface area contributed by atoms with Gasteiger partial charge in [-0.25, -0.2) is 0 Å². The van der Waals surface area contributed by atoms with Crippen LogP contribution in [0.25, 0.3) is 0 Å². The van der Waals surface area contributed by atoms with Crippen LogP contribution in [0, 0.1) is 5.92 Å². The van der Waals surface area contributed by atoms with E-state index < -0.39 is 5.60 Å². The van der Waals surface area contributed by atoms with Crippen molar-refractivity contribution in [1.82, 2.24) is 5.32 Å². The van der Waals surface area contributed by atoms with E-state index >= 15 is 0 Å². The second kappa shape index (κ2) is 7.67. The molecule has 0 aliphatic carbocycles. The quantitative estimate of drug-likeness (QED) is 0.683. The fourth-order valence-corrected chi connectivity index (χ4v) is 4.40. The normalized spacial score (nSPS) is 28.0. The van der Waals surface area contributed by atoms with Crippen LogP contribution in [0.1, 0.15) is 42.1 Å². The minimum atomic E-state index is -0.770. The average molecular weight is 357 g/mol. The molecule has 4 rings (SSSR count). The van der Waals surface area contributed by atoms with Crippen molar-refractivity contribution in [3.05, 3.63) is 108 Å². The first-order valence-corrected chi connectivity index (χ1v) is 9.78. The van der Waals surface area contributed by atoms with Gasteiger partial charge in [0.05, 0.1) is 5.60 Å². The van der Waals surface area contributed by atoms with Crippen LogP contribution in [0.5, 0.6) is 0 Å². The molecule has 1 aliphatic heterocycles. The van der Waals surface area contributed by atoms with Gasteiger partial charge in [-0.2, -0.15) is 0 Å². The number of piperidine rings is 1. The van der Waals surface area contributed by atoms with Gasteiger partial charge in [-0.3, -0.25) is 0 Å². The smallest absolute Gasteiger partial charge is 0.0749 e. The Bertz CT molecular complexity index is 849. The Kier molecular flexibility index (Phi) is 5.11. The Labute approximate surface area is 161 Å². The van der Waals surface area contributed by atoms with Crippen LogP contribution in [-0.2, 0) is 6.42 Å². The lowest BCUT2D eigenvalue weighted by molar-refractivity contribution is -0.0674. The second-order valence-electron chi connectivity index (χ2n) is 7.78. The highest BCUT2D eigenvalue weighted by Crippen LogP contribution is 2.44. The molecule has 2 nitrogen and oxygen atoms in total. The Morgan fingerprint density at radius 2 is 1.33 bits per heavy atom. The van der Waals surface area contributed by atoms with Crippen molar-refractivity contribution in [3.8, 4) is 0 Å². The van der Waals surface area contributed by atoms with Gasteiger partial charge in [0.2, 0.25) is 0 Å². The molecule has 0 saturated carbocycles. The SMILES string of the molecule is C[C@H]1[C@H](c2ccccc2)N[C@H](c2ccccc2)C[C@]1(O)Cc1ccccc1. The van der Waals surface area contributed by atoms with E-state index in [-0.39, 0.29) is 18.0 Å². The number of hydrogen-bond acceptors (Lipinski definition) is 2. The molecule has 4 atom stereocenters. The number of benzene rings is 3. The Hall–Kier alpha value is -2.42. The molecule has 1 aliphatic rings. The summed E-state index contributed by atoms with van der Waals surface area (Å²) in [5.74, 6) is 0.0973. The van der Waals surface area contributed by atoms with Crippen molar-refractivity contribution in [1.29, 1.82) is 0 Å². The van der Waals surface area contributed by atoms with Crippen LogP contribution in [-0.4, -0.2) is 10.7 Å². The average Bonchev–Trinajstić information content (AvgIpc) is 2.72. The zero-order valence-electron chi connectivity index (χ0n) is 15.8. The summed E-state index contributed by atoms with van der Waals surface area (Å²) in [6.45, 7) is 2.18. The minimum Gasteiger partial charge on any atom is -0.389 e. The summed E-state index contributed by atoms with van der Waals surface area (Å²) < 4.78 is 0. The van der Waals surface area contributed by atoms with Crippen molar-refractivity contribution >= 4 is 0 Å². The van der Waals surface area contributed by atoms with E-state index in [4.69, 9.17) is 0 Å². The summed E-state index contributed by atoms with van der Waals surface area (Å²) in [6.07, 6.45) is 1.37. The van der Waals surface area contributed by atoms with E-state index in [0.717, 1.165) is 0 Å². The third kappa shape index (κ3) is 3.83. The van der Waals surface area contributed by atoms with Crippen molar-refractivity contribution in [3.63, 3.8) is 0 Å². The molecule has 2 N–H and O–H groups in total. The first-order valence-electron chi connectivity index (χ1n) is 9.78. The minimum absolute atomic E-state index is 0.0973. The van der Waals surface area contributed by atoms with Gasteiger partial charge in [0.15, 0.2) is 0 Å². The number of hydrogen-bond donors (Lipinski definition) is 2. The summed E-state index contributed by atoms with van der Waals surface area (Å²) in [5.41, 5.74) is 2.88. The van der Waals surface area contributed by atoms with Gasteiger partial charge in [0.1, 0.15) is 0 Å². The molecule has 138 valence electrons. The third-order valence-electron chi connectivity index (χ3n) is 6.00. The number of aliphatic hydroxyl groups is 1. The van der Waals surface area contributed by atoms with E-state index in [0.29, 0.717) is 12.8 Å². The molecule has 3 aromatic carbocycles. The number of rotatable bonds is 4. The predicted octanol–water partition coefficient (Wildman–Crippen LogP) is 5.07. The molecule has 1 fully saturated rings. The lowest BCUT2D eigenvalue weighted by Gasteiger charge is -2.48. The lowest BCUT2D eigenvalue weighted by Crippen LogP contribution is -2.53. The molecule has 27 heavy (non-hydrogen) atoms. The largest absolute Gasteiger partial charge is 0.389 e. The third-order valence-corrected chi connectivity index (χ3v) is 6.00. The summed E-state index contributed by atoms with van der Waals surface area (Å²) in [5, 5.41) is 15.6. The monoisotopic (exact) mass is 357 g/mol. The van der Waals surface area contributed by atoms with Crippen molar-refractivity contribution in [2.45, 2.75) is 37.5 Å². The molecule has 0 unspecified atom stereocenters. The van der Waals surface area contributed by atoms with E-state index in [2.05, 4.69) is 72.9 Å². The standard InChI is InChI=1S/C25H27NO/c1-19-24(22-15-9-4-10-16-22)26-23(21-13-7-3-8-14-21)18-25(19,27)17-20-11-5-2-6-12-20/h2-16,19,23-24,26-27H,17-18H2,1H3/t19-,23-,24+,25+/m0/s1. The molecule has 0 spiro atoms. The Morgan fingerprint density at radius 1 is 0.815 bits per heavy atom. The van der Waals surface area contributed by atoms with E-state index in [1.165, 1.54) is 16.7 Å². The molecule has 0 aromatic heterocycles. The Morgan fingerprint density at radius 3 is 1.93 bits per heavy atom. The summed E-state index contributed by atoms with van der Waals surface area (Å²) in [6, 6.07) is 31.6. The molecule has 3 aromatic rings. The van der Waals surface area contributed by atoms with E-state index in [1.807, 2.05) is 30.3 Å². The van der Waals surface area contributed by atoms with Crippen LogP contribution in [0.15, 0.2) is 91.0 Å². The topological polar surface area (TPSA) is 32.3 Å².